The van der Waals surface area contributed by atoms with Gasteiger partial charge in [0.25, 0.3) is 0 Å². The molecule has 0 bridgehead atoms. The Hall–Kier alpha value is -2.10. The molecule has 1 N–H and O–H groups in total. The minimum atomic E-state index is 0.297. The molecule has 0 aliphatic heterocycles. The maximum absolute atomic E-state index is 9.36. The summed E-state index contributed by atoms with van der Waals surface area (Å²) in [6.07, 6.45) is 5.65. The first kappa shape index (κ1) is 16.3. The van der Waals surface area contributed by atoms with Gasteiger partial charge in [0.15, 0.2) is 0 Å². The molecule has 0 spiro atoms. The van der Waals surface area contributed by atoms with Crippen molar-refractivity contribution >= 4 is 11.3 Å². The number of phenolic OH excluding ortho intramolecular Hbond substituents is 1. The van der Waals surface area contributed by atoms with E-state index >= 15 is 0 Å². The second kappa shape index (κ2) is 7.78. The molecule has 3 heteroatoms. The zero-order valence-corrected chi connectivity index (χ0v) is 13.6. The van der Waals surface area contributed by atoms with Crippen molar-refractivity contribution in [2.24, 2.45) is 0 Å². The SMILES string of the molecule is C=C/C=C(\C=C)CN(C)Cc1ccc(-c2ccc(O)cc2)s1. The number of rotatable bonds is 7. The molecule has 0 radical (unpaired) electrons. The highest BCUT2D eigenvalue weighted by molar-refractivity contribution is 7.15. The molecule has 0 atom stereocenters. The topological polar surface area (TPSA) is 23.5 Å². The van der Waals surface area contributed by atoms with Crippen molar-refractivity contribution in [1.29, 1.82) is 0 Å². The second-order valence-corrected chi connectivity index (χ2v) is 6.33. The third-order valence-electron chi connectivity index (χ3n) is 3.29. The molecule has 2 aromatic rings. The molecule has 114 valence electrons. The molecule has 0 saturated carbocycles. The van der Waals surface area contributed by atoms with E-state index in [1.807, 2.05) is 24.3 Å². The fourth-order valence-electron chi connectivity index (χ4n) is 2.21. The van der Waals surface area contributed by atoms with E-state index in [2.05, 4.69) is 37.2 Å². The number of hydrogen-bond acceptors (Lipinski definition) is 3. The molecular weight excluding hydrogens is 290 g/mol. The van der Waals surface area contributed by atoms with Crippen molar-refractivity contribution in [3.63, 3.8) is 0 Å². The van der Waals surface area contributed by atoms with Crippen LogP contribution in [0.3, 0.4) is 0 Å². The highest BCUT2D eigenvalue weighted by atomic mass is 32.1. The molecule has 1 heterocycles. The molecule has 0 fully saturated rings. The highest BCUT2D eigenvalue weighted by Crippen LogP contribution is 2.29. The highest BCUT2D eigenvalue weighted by Gasteiger charge is 2.06. The van der Waals surface area contributed by atoms with Gasteiger partial charge >= 0.3 is 0 Å². The lowest BCUT2D eigenvalue weighted by molar-refractivity contribution is 0.361. The molecule has 0 aliphatic rings. The van der Waals surface area contributed by atoms with Gasteiger partial charge in [-0.25, -0.2) is 0 Å². The van der Waals surface area contributed by atoms with E-state index in [4.69, 9.17) is 0 Å². The van der Waals surface area contributed by atoms with Gasteiger partial charge in [-0.05, 0) is 54.6 Å². The van der Waals surface area contributed by atoms with E-state index in [1.165, 1.54) is 9.75 Å². The predicted octanol–water partition coefficient (Wildman–Crippen LogP) is 4.85. The first-order chi connectivity index (χ1) is 10.6. The summed E-state index contributed by atoms with van der Waals surface area (Å²) in [5, 5.41) is 9.36. The first-order valence-electron chi connectivity index (χ1n) is 7.13. The van der Waals surface area contributed by atoms with Crippen molar-refractivity contribution in [3.8, 4) is 16.2 Å². The Morgan fingerprint density at radius 3 is 2.55 bits per heavy atom. The molecule has 1 aromatic heterocycles. The van der Waals surface area contributed by atoms with Gasteiger partial charge in [0.05, 0.1) is 0 Å². The zero-order chi connectivity index (χ0) is 15.9. The van der Waals surface area contributed by atoms with E-state index in [0.717, 1.165) is 24.2 Å². The maximum atomic E-state index is 9.36. The van der Waals surface area contributed by atoms with Crippen LogP contribution < -0.4 is 0 Å². The molecule has 0 saturated heterocycles. The van der Waals surface area contributed by atoms with Gasteiger partial charge < -0.3 is 5.11 Å². The Labute approximate surface area is 136 Å². The van der Waals surface area contributed by atoms with Crippen molar-refractivity contribution in [2.45, 2.75) is 6.54 Å². The van der Waals surface area contributed by atoms with Crippen LogP contribution in [0.15, 0.2) is 73.4 Å². The van der Waals surface area contributed by atoms with Crippen LogP contribution in [0, 0.1) is 0 Å². The number of thiophene rings is 1. The Balaban J connectivity index is 2.02. The van der Waals surface area contributed by atoms with Crippen LogP contribution in [0.2, 0.25) is 0 Å². The van der Waals surface area contributed by atoms with Crippen LogP contribution in [-0.2, 0) is 6.54 Å². The summed E-state index contributed by atoms with van der Waals surface area (Å²) in [5.74, 6) is 0.297. The summed E-state index contributed by atoms with van der Waals surface area (Å²) in [6, 6.07) is 11.6. The van der Waals surface area contributed by atoms with Crippen LogP contribution in [0.5, 0.6) is 5.75 Å². The number of allylic oxidation sites excluding steroid dienone is 2. The van der Waals surface area contributed by atoms with Crippen molar-refractivity contribution in [3.05, 3.63) is 78.2 Å². The van der Waals surface area contributed by atoms with Crippen molar-refractivity contribution in [1.82, 2.24) is 4.90 Å². The fraction of sp³-hybridized carbons (Fsp3) is 0.158. The summed E-state index contributed by atoms with van der Waals surface area (Å²) >= 11 is 1.78. The Morgan fingerprint density at radius 1 is 1.18 bits per heavy atom. The van der Waals surface area contributed by atoms with Gasteiger partial charge in [-0.15, -0.1) is 11.3 Å². The normalized spacial score (nSPS) is 11.6. The first-order valence-corrected chi connectivity index (χ1v) is 7.94. The van der Waals surface area contributed by atoms with Crippen LogP contribution in [0.1, 0.15) is 4.88 Å². The molecular formula is C19H21NOS. The number of likely N-dealkylation sites (N-methyl/N-ethyl adjacent to an activating group) is 1. The molecule has 2 rings (SSSR count). The molecule has 0 amide bonds. The third kappa shape index (κ3) is 4.45. The van der Waals surface area contributed by atoms with Crippen molar-refractivity contribution in [2.75, 3.05) is 13.6 Å². The second-order valence-electron chi connectivity index (χ2n) is 5.17. The van der Waals surface area contributed by atoms with Gasteiger partial charge in [0, 0.05) is 22.8 Å². The Morgan fingerprint density at radius 2 is 1.91 bits per heavy atom. The summed E-state index contributed by atoms with van der Waals surface area (Å²) in [7, 11) is 2.10. The average molecular weight is 311 g/mol. The van der Waals surface area contributed by atoms with E-state index in [0.29, 0.717) is 5.75 Å². The van der Waals surface area contributed by atoms with Crippen LogP contribution in [-0.4, -0.2) is 23.6 Å². The lowest BCUT2D eigenvalue weighted by atomic mass is 10.2. The number of benzene rings is 1. The van der Waals surface area contributed by atoms with Gasteiger partial charge in [0.1, 0.15) is 5.75 Å². The number of aromatic hydroxyl groups is 1. The minimum Gasteiger partial charge on any atom is -0.508 e. The fourth-order valence-corrected chi connectivity index (χ4v) is 3.31. The largest absolute Gasteiger partial charge is 0.508 e. The lowest BCUT2D eigenvalue weighted by Gasteiger charge is -2.16. The molecule has 1 aromatic carbocycles. The summed E-state index contributed by atoms with van der Waals surface area (Å²) in [4.78, 5) is 4.78. The number of nitrogens with zero attached hydrogens (tertiary/aromatic N) is 1. The summed E-state index contributed by atoms with van der Waals surface area (Å²) < 4.78 is 0. The predicted molar refractivity (Wildman–Crippen MR) is 96.2 cm³/mol. The molecule has 22 heavy (non-hydrogen) atoms. The van der Waals surface area contributed by atoms with Gasteiger partial charge in [-0.3, -0.25) is 4.90 Å². The van der Waals surface area contributed by atoms with Gasteiger partial charge in [-0.1, -0.05) is 31.4 Å². The van der Waals surface area contributed by atoms with E-state index in [-0.39, 0.29) is 0 Å². The number of hydrogen-bond donors (Lipinski definition) is 1. The number of phenols is 1. The lowest BCUT2D eigenvalue weighted by Crippen LogP contribution is -2.19. The molecule has 0 aliphatic carbocycles. The quantitative estimate of drug-likeness (QED) is 0.739. The summed E-state index contributed by atoms with van der Waals surface area (Å²) in [6.45, 7) is 9.30. The smallest absolute Gasteiger partial charge is 0.115 e. The van der Waals surface area contributed by atoms with E-state index in [9.17, 15) is 5.11 Å². The minimum absolute atomic E-state index is 0.297. The molecule has 0 unspecified atom stereocenters. The zero-order valence-electron chi connectivity index (χ0n) is 12.8. The van der Waals surface area contributed by atoms with E-state index < -0.39 is 0 Å². The Bertz CT molecular complexity index is 667. The monoisotopic (exact) mass is 311 g/mol. The van der Waals surface area contributed by atoms with E-state index in [1.54, 1.807) is 29.5 Å². The van der Waals surface area contributed by atoms with Crippen LogP contribution in [0.4, 0.5) is 0 Å². The van der Waals surface area contributed by atoms with Gasteiger partial charge in [0.2, 0.25) is 0 Å². The maximum Gasteiger partial charge on any atom is 0.115 e. The molecule has 2 nitrogen and oxygen atoms in total. The Kier molecular flexibility index (Phi) is 5.75. The standard InChI is InChI=1S/C19H21NOS/c1-4-6-15(5-2)13-20(3)14-18-11-12-19(22-18)16-7-9-17(21)10-8-16/h4-12,21H,1-2,13-14H2,3H3/b15-6+. The van der Waals surface area contributed by atoms with Crippen molar-refractivity contribution < 1.29 is 5.11 Å². The van der Waals surface area contributed by atoms with Crippen LogP contribution >= 0.6 is 11.3 Å². The summed E-state index contributed by atoms with van der Waals surface area (Å²) in [5.41, 5.74) is 2.29. The van der Waals surface area contributed by atoms with Gasteiger partial charge in [-0.2, -0.15) is 0 Å². The van der Waals surface area contributed by atoms with Crippen LogP contribution in [0.25, 0.3) is 10.4 Å². The average Bonchev–Trinajstić information content (AvgIpc) is 2.95. The third-order valence-corrected chi connectivity index (χ3v) is 4.40.